The molecule has 0 aliphatic carbocycles. The molecule has 0 aliphatic rings. The van der Waals surface area contributed by atoms with Gasteiger partial charge >= 0.3 is 5.97 Å². The molecule has 76 valence electrons. The molecule has 0 N–H and O–H groups in total. The quantitative estimate of drug-likeness (QED) is 0.661. The molecule has 2 heteroatoms. The zero-order valence-electron chi connectivity index (χ0n) is 8.78. The highest BCUT2D eigenvalue weighted by atomic mass is 16.5. The van der Waals surface area contributed by atoms with E-state index in [1.807, 2.05) is 43.3 Å². The van der Waals surface area contributed by atoms with E-state index in [4.69, 9.17) is 4.74 Å². The van der Waals surface area contributed by atoms with Crippen molar-refractivity contribution in [1.29, 1.82) is 0 Å². The standard InChI is InChI=1S/C13H12O2/c1-9-7-11(13(14)15-2)8-10-5-3-4-6-12(9)10/h3-8H,1-2H3. The lowest BCUT2D eigenvalue weighted by Gasteiger charge is -2.05. The van der Waals surface area contributed by atoms with Crippen LogP contribution in [0.3, 0.4) is 0 Å². The molecule has 0 heterocycles. The minimum atomic E-state index is -0.288. The third kappa shape index (κ3) is 1.71. The summed E-state index contributed by atoms with van der Waals surface area (Å²) in [6.45, 7) is 1.99. The van der Waals surface area contributed by atoms with E-state index < -0.39 is 0 Å². The van der Waals surface area contributed by atoms with Crippen LogP contribution in [0.1, 0.15) is 15.9 Å². The smallest absolute Gasteiger partial charge is 0.337 e. The van der Waals surface area contributed by atoms with Crippen molar-refractivity contribution in [3.63, 3.8) is 0 Å². The average molecular weight is 200 g/mol. The predicted octanol–water partition coefficient (Wildman–Crippen LogP) is 2.93. The van der Waals surface area contributed by atoms with E-state index in [9.17, 15) is 4.79 Å². The fourth-order valence-corrected chi connectivity index (χ4v) is 1.74. The summed E-state index contributed by atoms with van der Waals surface area (Å²) in [6.07, 6.45) is 0. The average Bonchev–Trinajstić information content (AvgIpc) is 2.28. The van der Waals surface area contributed by atoms with Gasteiger partial charge in [-0.05, 0) is 35.4 Å². The van der Waals surface area contributed by atoms with Crippen LogP contribution >= 0.6 is 0 Å². The normalized spacial score (nSPS) is 10.3. The van der Waals surface area contributed by atoms with Gasteiger partial charge in [-0.2, -0.15) is 0 Å². The molecule has 0 spiro atoms. The number of aryl methyl sites for hydroxylation is 1. The first kappa shape index (κ1) is 9.71. The molecule has 15 heavy (non-hydrogen) atoms. The van der Waals surface area contributed by atoms with Gasteiger partial charge in [-0.15, -0.1) is 0 Å². The van der Waals surface area contributed by atoms with Crippen LogP contribution in [0.5, 0.6) is 0 Å². The van der Waals surface area contributed by atoms with Gasteiger partial charge in [0.1, 0.15) is 0 Å². The lowest BCUT2D eigenvalue weighted by Crippen LogP contribution is -2.01. The minimum absolute atomic E-state index is 0.288. The number of methoxy groups -OCH3 is 1. The minimum Gasteiger partial charge on any atom is -0.465 e. The van der Waals surface area contributed by atoms with Gasteiger partial charge in [-0.25, -0.2) is 4.79 Å². The Kier molecular flexibility index (Phi) is 2.42. The Morgan fingerprint density at radius 3 is 2.67 bits per heavy atom. The second kappa shape index (κ2) is 3.73. The number of esters is 1. The van der Waals surface area contributed by atoms with Crippen LogP contribution in [-0.4, -0.2) is 13.1 Å². The first-order valence-electron chi connectivity index (χ1n) is 4.80. The second-order valence-electron chi connectivity index (χ2n) is 3.51. The zero-order valence-corrected chi connectivity index (χ0v) is 8.78. The van der Waals surface area contributed by atoms with Gasteiger partial charge in [0.15, 0.2) is 0 Å². The number of benzene rings is 2. The van der Waals surface area contributed by atoms with Crippen LogP contribution in [0.2, 0.25) is 0 Å². The monoisotopic (exact) mass is 200 g/mol. The van der Waals surface area contributed by atoms with Crippen LogP contribution < -0.4 is 0 Å². The molecular weight excluding hydrogens is 188 g/mol. The van der Waals surface area contributed by atoms with Crippen molar-refractivity contribution in [3.8, 4) is 0 Å². The molecule has 2 nitrogen and oxygen atoms in total. The van der Waals surface area contributed by atoms with Crippen molar-refractivity contribution in [2.24, 2.45) is 0 Å². The summed E-state index contributed by atoms with van der Waals surface area (Å²) in [6, 6.07) is 11.7. The largest absolute Gasteiger partial charge is 0.465 e. The molecule has 0 bridgehead atoms. The highest BCUT2D eigenvalue weighted by Crippen LogP contribution is 2.20. The first-order valence-corrected chi connectivity index (χ1v) is 4.80. The Morgan fingerprint density at radius 1 is 1.20 bits per heavy atom. The second-order valence-corrected chi connectivity index (χ2v) is 3.51. The highest BCUT2D eigenvalue weighted by Gasteiger charge is 2.07. The molecule has 0 fully saturated rings. The predicted molar refractivity (Wildman–Crippen MR) is 60.0 cm³/mol. The van der Waals surface area contributed by atoms with Crippen LogP contribution in [-0.2, 0) is 4.74 Å². The van der Waals surface area contributed by atoms with Gasteiger partial charge in [0.2, 0.25) is 0 Å². The van der Waals surface area contributed by atoms with Crippen LogP contribution in [0, 0.1) is 6.92 Å². The summed E-state index contributed by atoms with van der Waals surface area (Å²) in [4.78, 5) is 11.4. The van der Waals surface area contributed by atoms with Crippen molar-refractivity contribution < 1.29 is 9.53 Å². The van der Waals surface area contributed by atoms with Crippen LogP contribution in [0.15, 0.2) is 36.4 Å². The maximum Gasteiger partial charge on any atom is 0.337 e. The van der Waals surface area contributed by atoms with Gasteiger partial charge < -0.3 is 4.74 Å². The number of ether oxygens (including phenoxy) is 1. The SMILES string of the molecule is COC(=O)c1cc(C)c2ccccc2c1. The fourth-order valence-electron chi connectivity index (χ4n) is 1.74. The van der Waals surface area contributed by atoms with Crippen LogP contribution in [0.4, 0.5) is 0 Å². The molecule has 0 aromatic heterocycles. The maximum absolute atomic E-state index is 11.4. The molecule has 2 aromatic rings. The number of hydrogen-bond acceptors (Lipinski definition) is 2. The van der Waals surface area contributed by atoms with Gasteiger partial charge in [0.25, 0.3) is 0 Å². The van der Waals surface area contributed by atoms with Crippen LogP contribution in [0.25, 0.3) is 10.8 Å². The maximum atomic E-state index is 11.4. The van der Waals surface area contributed by atoms with Crippen molar-refractivity contribution in [3.05, 3.63) is 47.5 Å². The molecular formula is C13H12O2. The van der Waals surface area contributed by atoms with E-state index in [-0.39, 0.29) is 5.97 Å². The highest BCUT2D eigenvalue weighted by molar-refractivity contribution is 5.96. The van der Waals surface area contributed by atoms with E-state index in [2.05, 4.69) is 0 Å². The van der Waals surface area contributed by atoms with Crippen molar-refractivity contribution >= 4 is 16.7 Å². The molecule has 0 unspecified atom stereocenters. The number of fused-ring (bicyclic) bond motifs is 1. The third-order valence-electron chi connectivity index (χ3n) is 2.49. The summed E-state index contributed by atoms with van der Waals surface area (Å²) in [5, 5.41) is 2.24. The Balaban J connectivity index is 2.67. The third-order valence-corrected chi connectivity index (χ3v) is 2.49. The van der Waals surface area contributed by atoms with Gasteiger partial charge in [-0.1, -0.05) is 24.3 Å². The van der Waals surface area contributed by atoms with Gasteiger partial charge in [-0.3, -0.25) is 0 Å². The van der Waals surface area contributed by atoms with E-state index in [1.54, 1.807) is 0 Å². The topological polar surface area (TPSA) is 26.3 Å². The number of rotatable bonds is 1. The molecule has 2 rings (SSSR count). The number of carbonyl (C=O) groups excluding carboxylic acids is 1. The lowest BCUT2D eigenvalue weighted by molar-refractivity contribution is 0.0601. The molecule has 0 saturated carbocycles. The Morgan fingerprint density at radius 2 is 1.93 bits per heavy atom. The van der Waals surface area contributed by atoms with Gasteiger partial charge in [0.05, 0.1) is 12.7 Å². The molecule has 0 radical (unpaired) electrons. The molecule has 0 atom stereocenters. The number of hydrogen-bond donors (Lipinski definition) is 0. The summed E-state index contributed by atoms with van der Waals surface area (Å²) >= 11 is 0. The van der Waals surface area contributed by atoms with E-state index in [0.29, 0.717) is 5.56 Å². The summed E-state index contributed by atoms with van der Waals surface area (Å²) in [5.41, 5.74) is 1.70. The summed E-state index contributed by atoms with van der Waals surface area (Å²) in [7, 11) is 1.40. The molecule has 0 saturated heterocycles. The first-order chi connectivity index (χ1) is 7.22. The fraction of sp³-hybridized carbons (Fsp3) is 0.154. The van der Waals surface area contributed by atoms with Crippen molar-refractivity contribution in [2.45, 2.75) is 6.92 Å². The lowest BCUT2D eigenvalue weighted by atomic mass is 10.0. The number of carbonyl (C=O) groups is 1. The Labute approximate surface area is 88.5 Å². The summed E-state index contributed by atoms with van der Waals surface area (Å²) in [5.74, 6) is -0.288. The van der Waals surface area contributed by atoms with E-state index in [0.717, 1.165) is 10.9 Å². The molecule has 0 amide bonds. The van der Waals surface area contributed by atoms with E-state index >= 15 is 0 Å². The van der Waals surface area contributed by atoms with E-state index in [1.165, 1.54) is 12.5 Å². The summed E-state index contributed by atoms with van der Waals surface area (Å²) < 4.78 is 4.70. The molecule has 0 aliphatic heterocycles. The van der Waals surface area contributed by atoms with Crippen molar-refractivity contribution in [2.75, 3.05) is 7.11 Å². The zero-order chi connectivity index (χ0) is 10.8. The van der Waals surface area contributed by atoms with Gasteiger partial charge in [0, 0.05) is 0 Å². The molecule has 2 aromatic carbocycles. The Hall–Kier alpha value is -1.83. The Bertz CT molecular complexity index is 515. The van der Waals surface area contributed by atoms with Crippen molar-refractivity contribution in [1.82, 2.24) is 0 Å².